The summed E-state index contributed by atoms with van der Waals surface area (Å²) in [4.78, 5) is 15.4. The van der Waals surface area contributed by atoms with E-state index in [1.165, 1.54) is 17.1 Å². The molecule has 6 heteroatoms. The molecule has 0 atom stereocenters. The van der Waals surface area contributed by atoms with Crippen LogP contribution in [0.3, 0.4) is 0 Å². The van der Waals surface area contributed by atoms with E-state index in [9.17, 15) is 13.6 Å². The van der Waals surface area contributed by atoms with E-state index in [1.807, 2.05) is 0 Å². The van der Waals surface area contributed by atoms with Crippen LogP contribution < -0.4 is 11.3 Å². The molecule has 88 valence electrons. The first-order chi connectivity index (χ1) is 7.49. The Morgan fingerprint density at radius 2 is 2.06 bits per heavy atom. The molecule has 16 heavy (non-hydrogen) atoms. The highest BCUT2D eigenvalue weighted by Crippen LogP contribution is 2.37. The van der Waals surface area contributed by atoms with E-state index >= 15 is 0 Å². The third-order valence-corrected chi connectivity index (χ3v) is 2.97. The van der Waals surface area contributed by atoms with Crippen LogP contribution in [0.2, 0.25) is 0 Å². The number of nitrogens with two attached hydrogens (primary N) is 1. The zero-order valence-corrected chi connectivity index (χ0v) is 8.70. The van der Waals surface area contributed by atoms with Crippen molar-refractivity contribution in [2.24, 2.45) is 0 Å². The van der Waals surface area contributed by atoms with Crippen molar-refractivity contribution in [1.29, 1.82) is 0 Å². The highest BCUT2D eigenvalue weighted by molar-refractivity contribution is 5.30. The Kier molecular flexibility index (Phi) is 2.65. The standard InChI is InChI=1S/C10H13F2N3O/c11-10(12)3-1-7(2-4-10)15-6-14-5-8(13)9(15)16/h5-7H,1-4,13H2. The van der Waals surface area contributed by atoms with Gasteiger partial charge < -0.3 is 5.73 Å². The van der Waals surface area contributed by atoms with Gasteiger partial charge >= 0.3 is 0 Å². The number of anilines is 1. The van der Waals surface area contributed by atoms with Gasteiger partial charge in [-0.3, -0.25) is 9.36 Å². The van der Waals surface area contributed by atoms with Gasteiger partial charge in [-0.05, 0) is 12.8 Å². The molecule has 0 radical (unpaired) electrons. The highest BCUT2D eigenvalue weighted by Gasteiger charge is 2.35. The lowest BCUT2D eigenvalue weighted by molar-refractivity contribution is -0.0443. The number of hydrogen-bond donors (Lipinski definition) is 1. The van der Waals surface area contributed by atoms with Crippen molar-refractivity contribution in [3.05, 3.63) is 22.9 Å². The summed E-state index contributed by atoms with van der Waals surface area (Å²) in [7, 11) is 0. The van der Waals surface area contributed by atoms with Crippen molar-refractivity contribution in [3.63, 3.8) is 0 Å². The van der Waals surface area contributed by atoms with E-state index in [2.05, 4.69) is 4.98 Å². The Morgan fingerprint density at radius 3 is 2.69 bits per heavy atom. The van der Waals surface area contributed by atoms with E-state index in [-0.39, 0.29) is 43.0 Å². The number of nitrogens with zero attached hydrogens (tertiary/aromatic N) is 2. The Balaban J connectivity index is 2.21. The Bertz CT molecular complexity index is 434. The average Bonchev–Trinajstić information content (AvgIpc) is 2.23. The highest BCUT2D eigenvalue weighted by atomic mass is 19.3. The van der Waals surface area contributed by atoms with Gasteiger partial charge in [-0.1, -0.05) is 0 Å². The van der Waals surface area contributed by atoms with Crippen LogP contribution in [0.5, 0.6) is 0 Å². The van der Waals surface area contributed by atoms with Crippen molar-refractivity contribution in [3.8, 4) is 0 Å². The zero-order valence-electron chi connectivity index (χ0n) is 8.70. The molecular weight excluding hydrogens is 216 g/mol. The van der Waals surface area contributed by atoms with Crippen LogP contribution in [0, 0.1) is 0 Å². The number of aromatic nitrogens is 2. The van der Waals surface area contributed by atoms with E-state index in [4.69, 9.17) is 5.73 Å². The van der Waals surface area contributed by atoms with Crippen molar-refractivity contribution in [1.82, 2.24) is 9.55 Å². The second kappa shape index (κ2) is 3.84. The van der Waals surface area contributed by atoms with Gasteiger partial charge in [0.25, 0.3) is 5.56 Å². The fraction of sp³-hybridized carbons (Fsp3) is 0.600. The Hall–Kier alpha value is -1.46. The molecule has 1 aromatic heterocycles. The zero-order chi connectivity index (χ0) is 11.8. The lowest BCUT2D eigenvalue weighted by Gasteiger charge is -2.29. The largest absolute Gasteiger partial charge is 0.393 e. The molecule has 4 nitrogen and oxygen atoms in total. The summed E-state index contributed by atoms with van der Waals surface area (Å²) in [6.45, 7) is 0. The van der Waals surface area contributed by atoms with Gasteiger partial charge in [-0.2, -0.15) is 0 Å². The molecule has 1 fully saturated rings. The van der Waals surface area contributed by atoms with E-state index in [0.717, 1.165) is 0 Å². The maximum absolute atomic E-state index is 12.9. The second-order valence-electron chi connectivity index (χ2n) is 4.15. The number of alkyl halides is 2. The lowest BCUT2D eigenvalue weighted by atomic mass is 9.92. The van der Waals surface area contributed by atoms with Gasteiger partial charge in [-0.25, -0.2) is 13.8 Å². The van der Waals surface area contributed by atoms with Gasteiger partial charge in [0, 0.05) is 18.9 Å². The minimum absolute atomic E-state index is 0.0554. The van der Waals surface area contributed by atoms with Crippen molar-refractivity contribution < 1.29 is 8.78 Å². The first kappa shape index (κ1) is 11.0. The summed E-state index contributed by atoms with van der Waals surface area (Å²) in [6, 6.07) is -0.205. The van der Waals surface area contributed by atoms with E-state index in [1.54, 1.807) is 0 Å². The minimum Gasteiger partial charge on any atom is -0.393 e. The summed E-state index contributed by atoms with van der Waals surface area (Å²) in [5, 5.41) is 0. The van der Waals surface area contributed by atoms with Crippen LogP contribution in [0.1, 0.15) is 31.7 Å². The second-order valence-corrected chi connectivity index (χ2v) is 4.15. The monoisotopic (exact) mass is 229 g/mol. The third kappa shape index (κ3) is 2.05. The Morgan fingerprint density at radius 1 is 1.44 bits per heavy atom. The molecule has 0 bridgehead atoms. The van der Waals surface area contributed by atoms with Gasteiger partial charge in [0.05, 0.1) is 12.5 Å². The molecule has 1 aromatic rings. The van der Waals surface area contributed by atoms with Crippen LogP contribution in [-0.2, 0) is 0 Å². The molecule has 0 amide bonds. The van der Waals surface area contributed by atoms with Gasteiger partial charge in [0.15, 0.2) is 0 Å². The van der Waals surface area contributed by atoms with Crippen molar-refractivity contribution in [2.45, 2.75) is 37.6 Å². The topological polar surface area (TPSA) is 60.9 Å². The summed E-state index contributed by atoms with van der Waals surface area (Å²) < 4.78 is 27.3. The van der Waals surface area contributed by atoms with Crippen LogP contribution in [0.25, 0.3) is 0 Å². The molecule has 0 saturated heterocycles. The summed E-state index contributed by atoms with van der Waals surface area (Å²) in [6.07, 6.45) is 2.86. The van der Waals surface area contributed by atoms with Crippen LogP contribution in [-0.4, -0.2) is 15.5 Å². The maximum Gasteiger partial charge on any atom is 0.276 e. The van der Waals surface area contributed by atoms with Crippen LogP contribution in [0.4, 0.5) is 14.5 Å². The average molecular weight is 229 g/mol. The summed E-state index contributed by atoms with van der Waals surface area (Å²) >= 11 is 0. The first-order valence-corrected chi connectivity index (χ1v) is 5.19. The first-order valence-electron chi connectivity index (χ1n) is 5.19. The van der Waals surface area contributed by atoms with Gasteiger partial charge in [-0.15, -0.1) is 0 Å². The molecule has 1 aliphatic carbocycles. The summed E-state index contributed by atoms with van der Waals surface area (Å²) in [5.74, 6) is -2.59. The molecule has 1 aliphatic rings. The van der Waals surface area contributed by atoms with E-state index in [0.29, 0.717) is 0 Å². The number of rotatable bonds is 1. The van der Waals surface area contributed by atoms with Gasteiger partial charge in [0.1, 0.15) is 5.69 Å². The predicted octanol–water partition coefficient (Wildman–Crippen LogP) is 1.58. The number of nitrogen functional groups attached to an aromatic ring is 1. The normalized spacial score (nSPS) is 20.9. The Labute approximate surface area is 91.1 Å². The molecular formula is C10H13F2N3O. The lowest BCUT2D eigenvalue weighted by Crippen LogP contribution is -2.32. The third-order valence-electron chi connectivity index (χ3n) is 2.97. The molecule has 1 saturated carbocycles. The predicted molar refractivity (Wildman–Crippen MR) is 55.4 cm³/mol. The van der Waals surface area contributed by atoms with Crippen molar-refractivity contribution >= 4 is 5.69 Å². The number of hydrogen-bond acceptors (Lipinski definition) is 3. The molecule has 0 aliphatic heterocycles. The van der Waals surface area contributed by atoms with Crippen molar-refractivity contribution in [2.75, 3.05) is 5.73 Å². The molecule has 0 unspecified atom stereocenters. The maximum atomic E-state index is 12.9. The number of halogens is 2. The minimum atomic E-state index is -2.59. The SMILES string of the molecule is Nc1cncn(C2CCC(F)(F)CC2)c1=O. The summed E-state index contributed by atoms with van der Waals surface area (Å²) in [5.41, 5.74) is 5.15. The fourth-order valence-corrected chi connectivity index (χ4v) is 2.01. The van der Waals surface area contributed by atoms with Crippen LogP contribution >= 0.6 is 0 Å². The fourth-order valence-electron chi connectivity index (χ4n) is 2.01. The molecule has 2 N–H and O–H groups in total. The molecule has 0 spiro atoms. The smallest absolute Gasteiger partial charge is 0.276 e. The van der Waals surface area contributed by atoms with E-state index < -0.39 is 5.92 Å². The van der Waals surface area contributed by atoms with Gasteiger partial charge in [0.2, 0.25) is 5.92 Å². The van der Waals surface area contributed by atoms with Crippen LogP contribution in [0.15, 0.2) is 17.3 Å². The quantitative estimate of drug-likeness (QED) is 0.795. The molecule has 2 rings (SSSR count). The molecule has 1 heterocycles. The molecule has 0 aromatic carbocycles.